The van der Waals surface area contributed by atoms with Gasteiger partial charge in [-0.15, -0.1) is 0 Å². The Labute approximate surface area is 131 Å². The molecule has 0 aliphatic rings. The number of amides is 1. The van der Waals surface area contributed by atoms with Gasteiger partial charge in [-0.05, 0) is 5.92 Å². The second-order valence-electron chi connectivity index (χ2n) is 4.48. The number of pyridine rings is 1. The summed E-state index contributed by atoms with van der Waals surface area (Å²) in [7, 11) is 0. The van der Waals surface area contributed by atoms with Crippen LogP contribution in [0.25, 0.3) is 0 Å². The number of aliphatic carboxylic acids is 1. The number of nitrogens with one attached hydrogen (secondary N) is 1. The van der Waals surface area contributed by atoms with E-state index in [2.05, 4.69) is 10.3 Å². The number of rotatable bonds is 5. The standard InChI is InChI=1S/C12H13Cl3N2O3/c1-5(2)6(12(19)20)3-17-11(18)10-9(15)8(14)7(13)4-16-10/h4-6H,3H2,1-2H3,(H,17,18)(H,19,20). The molecule has 1 aromatic heterocycles. The summed E-state index contributed by atoms with van der Waals surface area (Å²) in [4.78, 5) is 26.7. The topological polar surface area (TPSA) is 79.3 Å². The number of aromatic nitrogens is 1. The Morgan fingerprint density at radius 1 is 1.30 bits per heavy atom. The molecule has 5 nitrogen and oxygen atoms in total. The van der Waals surface area contributed by atoms with Crippen LogP contribution in [0.4, 0.5) is 0 Å². The molecule has 8 heteroatoms. The third kappa shape index (κ3) is 3.98. The van der Waals surface area contributed by atoms with Crippen LogP contribution in [0.1, 0.15) is 24.3 Å². The average molecular weight is 340 g/mol. The second-order valence-corrected chi connectivity index (χ2v) is 5.64. The Balaban J connectivity index is 2.82. The van der Waals surface area contributed by atoms with Crippen molar-refractivity contribution in [3.8, 4) is 0 Å². The third-order valence-electron chi connectivity index (χ3n) is 2.74. The van der Waals surface area contributed by atoms with Gasteiger partial charge in [0.15, 0.2) is 0 Å². The molecule has 1 amide bonds. The van der Waals surface area contributed by atoms with E-state index >= 15 is 0 Å². The number of hydrogen-bond acceptors (Lipinski definition) is 3. The summed E-state index contributed by atoms with van der Waals surface area (Å²) in [6.07, 6.45) is 1.21. The van der Waals surface area contributed by atoms with Crippen molar-refractivity contribution in [3.63, 3.8) is 0 Å². The lowest BCUT2D eigenvalue weighted by Crippen LogP contribution is -2.36. The van der Waals surface area contributed by atoms with E-state index < -0.39 is 17.8 Å². The predicted molar refractivity (Wildman–Crippen MR) is 77.6 cm³/mol. The molecule has 1 rings (SSSR count). The lowest BCUT2D eigenvalue weighted by Gasteiger charge is -2.16. The molecule has 1 atom stereocenters. The first-order chi connectivity index (χ1) is 9.25. The number of nitrogens with zero attached hydrogens (tertiary/aromatic N) is 1. The van der Waals surface area contributed by atoms with Crippen LogP contribution in [-0.4, -0.2) is 28.5 Å². The molecule has 1 unspecified atom stereocenters. The van der Waals surface area contributed by atoms with Crippen LogP contribution in [0.5, 0.6) is 0 Å². The molecule has 0 aromatic carbocycles. The summed E-state index contributed by atoms with van der Waals surface area (Å²) in [5.41, 5.74) is -0.0889. The highest BCUT2D eigenvalue weighted by Gasteiger charge is 2.23. The van der Waals surface area contributed by atoms with Gasteiger partial charge < -0.3 is 10.4 Å². The summed E-state index contributed by atoms with van der Waals surface area (Å²) in [6.45, 7) is 3.49. The van der Waals surface area contributed by atoms with E-state index in [1.165, 1.54) is 6.20 Å². The molecule has 20 heavy (non-hydrogen) atoms. The molecule has 1 heterocycles. The van der Waals surface area contributed by atoms with Crippen LogP contribution in [0.3, 0.4) is 0 Å². The third-order valence-corrected chi connectivity index (χ3v) is 3.98. The highest BCUT2D eigenvalue weighted by molar-refractivity contribution is 6.48. The van der Waals surface area contributed by atoms with Crippen LogP contribution >= 0.6 is 34.8 Å². The summed E-state index contributed by atoms with van der Waals surface area (Å²) in [5.74, 6) is -2.39. The minimum absolute atomic E-state index is 0.0237. The average Bonchev–Trinajstić information content (AvgIpc) is 2.35. The van der Waals surface area contributed by atoms with Crippen LogP contribution in [0.15, 0.2) is 6.20 Å². The van der Waals surface area contributed by atoms with Crippen molar-refractivity contribution in [2.75, 3.05) is 6.54 Å². The molecule has 0 fully saturated rings. The van der Waals surface area contributed by atoms with E-state index in [4.69, 9.17) is 39.9 Å². The van der Waals surface area contributed by atoms with Gasteiger partial charge in [-0.3, -0.25) is 9.59 Å². The Morgan fingerprint density at radius 2 is 1.90 bits per heavy atom. The first kappa shape index (κ1) is 17.0. The molecular formula is C12H13Cl3N2O3. The number of carboxylic acid groups (broad SMARTS) is 1. The minimum atomic E-state index is -0.978. The fourth-order valence-corrected chi connectivity index (χ4v) is 2.06. The number of carbonyl (C=O) groups is 2. The molecule has 0 saturated carbocycles. The lowest BCUT2D eigenvalue weighted by atomic mass is 9.96. The molecular weight excluding hydrogens is 327 g/mol. The van der Waals surface area contributed by atoms with Crippen molar-refractivity contribution in [3.05, 3.63) is 27.0 Å². The van der Waals surface area contributed by atoms with Crippen molar-refractivity contribution >= 4 is 46.7 Å². The lowest BCUT2D eigenvalue weighted by molar-refractivity contribution is -0.142. The zero-order chi connectivity index (χ0) is 15.4. The van der Waals surface area contributed by atoms with Crippen molar-refractivity contribution in [1.29, 1.82) is 0 Å². The molecule has 0 aliphatic carbocycles. The van der Waals surface area contributed by atoms with E-state index in [1.807, 2.05) is 0 Å². The highest BCUT2D eigenvalue weighted by Crippen LogP contribution is 2.30. The smallest absolute Gasteiger partial charge is 0.308 e. The molecule has 0 bridgehead atoms. The maximum Gasteiger partial charge on any atom is 0.308 e. The zero-order valence-electron chi connectivity index (χ0n) is 10.8. The Morgan fingerprint density at radius 3 is 2.40 bits per heavy atom. The predicted octanol–water partition coefficient (Wildman–Crippen LogP) is 3.13. The number of carboxylic acids is 1. The second kappa shape index (κ2) is 7.11. The fraction of sp³-hybridized carbons (Fsp3) is 0.417. The Bertz CT molecular complexity index is 535. The van der Waals surface area contributed by atoms with Crippen molar-refractivity contribution < 1.29 is 14.7 Å². The van der Waals surface area contributed by atoms with Gasteiger partial charge in [-0.25, -0.2) is 4.98 Å². The van der Waals surface area contributed by atoms with Gasteiger partial charge in [-0.2, -0.15) is 0 Å². The first-order valence-corrected chi connectivity index (χ1v) is 6.89. The molecule has 110 valence electrons. The van der Waals surface area contributed by atoms with Crippen LogP contribution in [-0.2, 0) is 4.79 Å². The summed E-state index contributed by atoms with van der Waals surface area (Å²) in [6, 6.07) is 0. The van der Waals surface area contributed by atoms with Crippen LogP contribution in [0, 0.1) is 11.8 Å². The quantitative estimate of drug-likeness (QED) is 0.864. The minimum Gasteiger partial charge on any atom is -0.481 e. The van der Waals surface area contributed by atoms with Gasteiger partial charge in [0.1, 0.15) is 5.69 Å². The van der Waals surface area contributed by atoms with E-state index in [0.717, 1.165) is 0 Å². The number of halogens is 3. The zero-order valence-corrected chi connectivity index (χ0v) is 13.1. The Kier molecular flexibility index (Phi) is 6.05. The summed E-state index contributed by atoms with van der Waals surface area (Å²) < 4.78 is 0. The number of carbonyl (C=O) groups excluding carboxylic acids is 1. The van der Waals surface area contributed by atoms with Crippen molar-refractivity contribution in [2.45, 2.75) is 13.8 Å². The number of hydrogen-bond donors (Lipinski definition) is 2. The first-order valence-electron chi connectivity index (χ1n) is 5.76. The molecule has 0 radical (unpaired) electrons. The normalized spacial score (nSPS) is 12.3. The summed E-state index contributed by atoms with van der Waals surface area (Å²) in [5, 5.41) is 11.6. The van der Waals surface area contributed by atoms with Crippen LogP contribution in [0.2, 0.25) is 15.1 Å². The largest absolute Gasteiger partial charge is 0.481 e. The summed E-state index contributed by atoms with van der Waals surface area (Å²) >= 11 is 17.4. The van der Waals surface area contributed by atoms with E-state index in [9.17, 15) is 9.59 Å². The Hall–Kier alpha value is -1.04. The monoisotopic (exact) mass is 338 g/mol. The SMILES string of the molecule is CC(C)C(CNC(=O)c1ncc(Cl)c(Cl)c1Cl)C(=O)O. The van der Waals surface area contributed by atoms with Gasteiger partial charge in [-0.1, -0.05) is 48.7 Å². The highest BCUT2D eigenvalue weighted by atomic mass is 35.5. The van der Waals surface area contributed by atoms with Crippen LogP contribution < -0.4 is 5.32 Å². The van der Waals surface area contributed by atoms with Gasteiger partial charge in [0, 0.05) is 12.7 Å². The van der Waals surface area contributed by atoms with Crippen molar-refractivity contribution in [2.24, 2.45) is 11.8 Å². The fourth-order valence-electron chi connectivity index (χ4n) is 1.50. The van der Waals surface area contributed by atoms with E-state index in [0.29, 0.717) is 0 Å². The van der Waals surface area contributed by atoms with E-state index in [1.54, 1.807) is 13.8 Å². The molecule has 0 saturated heterocycles. The van der Waals surface area contributed by atoms with Gasteiger partial charge in [0.05, 0.1) is 21.0 Å². The van der Waals surface area contributed by atoms with Gasteiger partial charge in [0.2, 0.25) is 0 Å². The molecule has 0 spiro atoms. The van der Waals surface area contributed by atoms with Gasteiger partial charge in [0.25, 0.3) is 5.91 Å². The van der Waals surface area contributed by atoms with E-state index in [-0.39, 0.29) is 33.2 Å². The van der Waals surface area contributed by atoms with Gasteiger partial charge >= 0.3 is 5.97 Å². The molecule has 0 aliphatic heterocycles. The molecule has 2 N–H and O–H groups in total. The maximum atomic E-state index is 11.9. The van der Waals surface area contributed by atoms with Crippen molar-refractivity contribution in [1.82, 2.24) is 10.3 Å². The molecule has 1 aromatic rings. The maximum absolute atomic E-state index is 11.9.